The molecule has 1 unspecified atom stereocenters. The molecule has 0 saturated carbocycles. The van der Waals surface area contributed by atoms with Crippen LogP contribution in [0, 0.1) is 6.92 Å². The van der Waals surface area contributed by atoms with E-state index in [0.717, 1.165) is 12.2 Å². The number of hydrogen-bond acceptors (Lipinski definition) is 2. The molecule has 0 heterocycles. The molecule has 0 amide bonds. The van der Waals surface area contributed by atoms with Crippen molar-refractivity contribution >= 4 is 0 Å². The molecule has 0 aliphatic rings. The molecule has 0 aromatic heterocycles. The molecule has 0 fully saturated rings. The Morgan fingerprint density at radius 3 is 2.60 bits per heavy atom. The number of benzene rings is 2. The Labute approximate surface area is 121 Å². The van der Waals surface area contributed by atoms with Crippen molar-refractivity contribution in [1.29, 1.82) is 0 Å². The number of hydrogen-bond donors (Lipinski definition) is 1. The highest BCUT2D eigenvalue weighted by Gasteiger charge is 2.12. The second-order valence-electron chi connectivity index (χ2n) is 5.01. The maximum Gasteiger partial charge on any atom is 0.119 e. The standard InChI is InChI=1S/C18H23NO/c1-4-15-9-7-10-16(12-15)20-13-18(19-3)17-11-6-5-8-14(17)2/h5-12,18-19H,4,13H2,1-3H3. The molecule has 2 aromatic rings. The summed E-state index contributed by atoms with van der Waals surface area (Å²) in [6.45, 7) is 4.93. The maximum atomic E-state index is 5.95. The Bertz CT molecular complexity index is 551. The van der Waals surface area contributed by atoms with E-state index in [4.69, 9.17) is 4.74 Å². The zero-order valence-electron chi connectivity index (χ0n) is 12.5. The molecule has 2 rings (SSSR count). The molecule has 20 heavy (non-hydrogen) atoms. The molecule has 0 saturated heterocycles. The Hall–Kier alpha value is -1.80. The van der Waals surface area contributed by atoms with Crippen LogP contribution in [0.2, 0.25) is 0 Å². The summed E-state index contributed by atoms with van der Waals surface area (Å²) < 4.78 is 5.95. The van der Waals surface area contributed by atoms with E-state index < -0.39 is 0 Å². The van der Waals surface area contributed by atoms with Crippen molar-refractivity contribution in [3.05, 3.63) is 65.2 Å². The highest BCUT2D eigenvalue weighted by molar-refractivity contribution is 5.30. The van der Waals surface area contributed by atoms with Gasteiger partial charge in [0.05, 0.1) is 6.04 Å². The van der Waals surface area contributed by atoms with Crippen molar-refractivity contribution in [2.75, 3.05) is 13.7 Å². The summed E-state index contributed by atoms with van der Waals surface area (Å²) in [7, 11) is 1.98. The predicted octanol–water partition coefficient (Wildman–Crippen LogP) is 3.90. The van der Waals surface area contributed by atoms with Gasteiger partial charge < -0.3 is 10.1 Å². The van der Waals surface area contributed by atoms with E-state index >= 15 is 0 Å². The van der Waals surface area contributed by atoms with Crippen LogP contribution in [-0.2, 0) is 6.42 Å². The van der Waals surface area contributed by atoms with E-state index in [1.807, 2.05) is 13.1 Å². The fourth-order valence-electron chi connectivity index (χ4n) is 2.34. The molecule has 2 heteroatoms. The molecule has 2 aromatic carbocycles. The van der Waals surface area contributed by atoms with Gasteiger partial charge in [-0.3, -0.25) is 0 Å². The van der Waals surface area contributed by atoms with Gasteiger partial charge >= 0.3 is 0 Å². The van der Waals surface area contributed by atoms with Crippen LogP contribution in [0.5, 0.6) is 5.75 Å². The molecule has 0 spiro atoms. The average Bonchev–Trinajstić information content (AvgIpc) is 2.49. The first-order chi connectivity index (χ1) is 9.74. The van der Waals surface area contributed by atoms with E-state index in [0.29, 0.717) is 6.61 Å². The average molecular weight is 269 g/mol. The Morgan fingerprint density at radius 1 is 1.10 bits per heavy atom. The summed E-state index contributed by atoms with van der Waals surface area (Å²) in [5.74, 6) is 0.943. The Balaban J connectivity index is 2.06. The smallest absolute Gasteiger partial charge is 0.119 e. The van der Waals surface area contributed by atoms with Crippen LogP contribution >= 0.6 is 0 Å². The predicted molar refractivity (Wildman–Crippen MR) is 84.3 cm³/mol. The largest absolute Gasteiger partial charge is 0.492 e. The van der Waals surface area contributed by atoms with Crippen LogP contribution in [0.15, 0.2) is 48.5 Å². The first-order valence-electron chi connectivity index (χ1n) is 7.19. The number of ether oxygens (including phenoxy) is 1. The third kappa shape index (κ3) is 3.61. The van der Waals surface area contributed by atoms with E-state index in [1.165, 1.54) is 16.7 Å². The number of rotatable bonds is 6. The maximum absolute atomic E-state index is 5.95. The quantitative estimate of drug-likeness (QED) is 0.859. The first kappa shape index (κ1) is 14.6. The molecule has 0 aliphatic carbocycles. The first-order valence-corrected chi connectivity index (χ1v) is 7.19. The minimum atomic E-state index is 0.210. The number of aryl methyl sites for hydroxylation is 2. The highest BCUT2D eigenvalue weighted by atomic mass is 16.5. The van der Waals surface area contributed by atoms with Gasteiger partial charge in [-0.1, -0.05) is 43.3 Å². The monoisotopic (exact) mass is 269 g/mol. The highest BCUT2D eigenvalue weighted by Crippen LogP contribution is 2.20. The van der Waals surface area contributed by atoms with Gasteiger partial charge in [-0.2, -0.15) is 0 Å². The van der Waals surface area contributed by atoms with Crippen molar-refractivity contribution < 1.29 is 4.74 Å². The van der Waals surface area contributed by atoms with Crippen LogP contribution in [0.3, 0.4) is 0 Å². The molecule has 1 atom stereocenters. The van der Waals surface area contributed by atoms with Gasteiger partial charge in [0.2, 0.25) is 0 Å². The van der Waals surface area contributed by atoms with Gasteiger partial charge in [-0.25, -0.2) is 0 Å². The minimum Gasteiger partial charge on any atom is -0.492 e. The van der Waals surface area contributed by atoms with E-state index in [1.54, 1.807) is 0 Å². The molecular formula is C18H23NO. The zero-order valence-corrected chi connectivity index (χ0v) is 12.5. The number of likely N-dealkylation sites (N-methyl/N-ethyl adjacent to an activating group) is 1. The number of nitrogens with one attached hydrogen (secondary N) is 1. The minimum absolute atomic E-state index is 0.210. The SMILES string of the molecule is CCc1cccc(OCC(NC)c2ccccc2C)c1. The van der Waals surface area contributed by atoms with Crippen LogP contribution in [0.4, 0.5) is 0 Å². The van der Waals surface area contributed by atoms with E-state index in [9.17, 15) is 0 Å². The summed E-state index contributed by atoms with van der Waals surface area (Å²) in [4.78, 5) is 0. The van der Waals surface area contributed by atoms with Gasteiger partial charge in [0, 0.05) is 0 Å². The molecule has 0 bridgehead atoms. The second-order valence-corrected chi connectivity index (χ2v) is 5.01. The van der Waals surface area contributed by atoms with Crippen LogP contribution in [0.1, 0.15) is 29.7 Å². The van der Waals surface area contributed by atoms with Crippen molar-refractivity contribution in [3.63, 3.8) is 0 Å². The van der Waals surface area contributed by atoms with E-state index in [2.05, 4.69) is 61.6 Å². The van der Waals surface area contributed by atoms with Gasteiger partial charge in [0.15, 0.2) is 0 Å². The molecule has 0 aliphatic heterocycles. The third-order valence-corrected chi connectivity index (χ3v) is 3.64. The molecule has 106 valence electrons. The van der Waals surface area contributed by atoms with Crippen molar-refractivity contribution in [2.45, 2.75) is 26.3 Å². The molecule has 2 nitrogen and oxygen atoms in total. The van der Waals surface area contributed by atoms with Gasteiger partial charge in [0.1, 0.15) is 12.4 Å². The van der Waals surface area contributed by atoms with Crippen molar-refractivity contribution in [1.82, 2.24) is 5.32 Å². The normalized spacial score (nSPS) is 12.2. The van der Waals surface area contributed by atoms with E-state index in [-0.39, 0.29) is 6.04 Å². The lowest BCUT2D eigenvalue weighted by Gasteiger charge is -2.19. The Kier molecular flexibility index (Phi) is 5.19. The molecular weight excluding hydrogens is 246 g/mol. The zero-order chi connectivity index (χ0) is 14.4. The fourth-order valence-corrected chi connectivity index (χ4v) is 2.34. The topological polar surface area (TPSA) is 21.3 Å². The molecule has 0 radical (unpaired) electrons. The lowest BCUT2D eigenvalue weighted by molar-refractivity contribution is 0.272. The third-order valence-electron chi connectivity index (χ3n) is 3.64. The lowest BCUT2D eigenvalue weighted by Crippen LogP contribution is -2.24. The summed E-state index contributed by atoms with van der Waals surface area (Å²) in [6, 6.07) is 17.0. The summed E-state index contributed by atoms with van der Waals surface area (Å²) in [5.41, 5.74) is 3.89. The fraction of sp³-hybridized carbons (Fsp3) is 0.333. The van der Waals surface area contributed by atoms with Crippen LogP contribution in [0.25, 0.3) is 0 Å². The van der Waals surface area contributed by atoms with Crippen LogP contribution in [-0.4, -0.2) is 13.7 Å². The lowest BCUT2D eigenvalue weighted by atomic mass is 10.0. The van der Waals surface area contributed by atoms with Gasteiger partial charge in [-0.15, -0.1) is 0 Å². The van der Waals surface area contributed by atoms with Crippen molar-refractivity contribution in [2.24, 2.45) is 0 Å². The van der Waals surface area contributed by atoms with Crippen molar-refractivity contribution in [3.8, 4) is 5.75 Å². The van der Waals surface area contributed by atoms with Crippen LogP contribution < -0.4 is 10.1 Å². The molecule has 1 N–H and O–H groups in total. The van der Waals surface area contributed by atoms with Gasteiger partial charge in [-0.05, 0) is 49.2 Å². The van der Waals surface area contributed by atoms with Gasteiger partial charge in [0.25, 0.3) is 0 Å². The summed E-state index contributed by atoms with van der Waals surface area (Å²) >= 11 is 0. The Morgan fingerprint density at radius 2 is 1.90 bits per heavy atom. The second kappa shape index (κ2) is 7.11. The summed E-state index contributed by atoms with van der Waals surface area (Å²) in [6.07, 6.45) is 1.03. The summed E-state index contributed by atoms with van der Waals surface area (Å²) in [5, 5.41) is 3.33.